The standard InChI is InChI=1S/C15H19BrN2S/c1-11(2)18(10-15-13(16)7-8-19-15)9-12-5-3-4-6-14(12)17/h3-8,11H,9-10,17H2,1-2H3. The van der Waals surface area contributed by atoms with E-state index in [1.807, 2.05) is 18.2 Å². The first kappa shape index (κ1) is 14.6. The number of thiophene rings is 1. The smallest absolute Gasteiger partial charge is 0.0359 e. The van der Waals surface area contributed by atoms with E-state index in [2.05, 4.69) is 52.2 Å². The lowest BCUT2D eigenvalue weighted by Crippen LogP contribution is -2.29. The minimum atomic E-state index is 0.480. The SMILES string of the molecule is CC(C)N(Cc1ccccc1N)Cc1sccc1Br. The highest BCUT2D eigenvalue weighted by Crippen LogP contribution is 2.26. The highest BCUT2D eigenvalue weighted by molar-refractivity contribution is 9.10. The van der Waals surface area contributed by atoms with Crippen LogP contribution >= 0.6 is 27.3 Å². The second-order valence-electron chi connectivity index (χ2n) is 4.89. The Balaban J connectivity index is 2.13. The van der Waals surface area contributed by atoms with Crippen molar-refractivity contribution in [1.82, 2.24) is 4.90 Å². The molecular formula is C15H19BrN2S. The fourth-order valence-electron chi connectivity index (χ4n) is 1.94. The van der Waals surface area contributed by atoms with E-state index in [1.165, 1.54) is 14.9 Å². The monoisotopic (exact) mass is 338 g/mol. The van der Waals surface area contributed by atoms with E-state index < -0.39 is 0 Å². The van der Waals surface area contributed by atoms with Crippen molar-refractivity contribution >= 4 is 33.0 Å². The second-order valence-corrected chi connectivity index (χ2v) is 6.74. The number of hydrogen-bond donors (Lipinski definition) is 1. The number of benzene rings is 1. The Kier molecular flexibility index (Phi) is 5.02. The second kappa shape index (κ2) is 6.55. The first-order valence-corrected chi connectivity index (χ1v) is 8.04. The lowest BCUT2D eigenvalue weighted by atomic mass is 10.1. The van der Waals surface area contributed by atoms with Gasteiger partial charge >= 0.3 is 0 Å². The van der Waals surface area contributed by atoms with Gasteiger partial charge in [0.2, 0.25) is 0 Å². The molecule has 0 aliphatic heterocycles. The van der Waals surface area contributed by atoms with E-state index in [0.29, 0.717) is 6.04 Å². The van der Waals surface area contributed by atoms with E-state index in [-0.39, 0.29) is 0 Å². The molecular weight excluding hydrogens is 320 g/mol. The van der Waals surface area contributed by atoms with Crippen LogP contribution in [0.4, 0.5) is 5.69 Å². The zero-order valence-corrected chi connectivity index (χ0v) is 13.7. The molecule has 0 atom stereocenters. The van der Waals surface area contributed by atoms with Crippen molar-refractivity contribution in [3.05, 3.63) is 50.6 Å². The summed E-state index contributed by atoms with van der Waals surface area (Å²) in [5.74, 6) is 0. The van der Waals surface area contributed by atoms with E-state index in [0.717, 1.165) is 18.8 Å². The molecule has 0 aliphatic rings. The molecule has 1 aromatic heterocycles. The molecule has 0 unspecified atom stereocenters. The van der Waals surface area contributed by atoms with E-state index in [4.69, 9.17) is 5.73 Å². The average Bonchev–Trinajstić information content (AvgIpc) is 2.76. The maximum absolute atomic E-state index is 6.04. The summed E-state index contributed by atoms with van der Waals surface area (Å²) in [4.78, 5) is 3.80. The largest absolute Gasteiger partial charge is 0.398 e. The molecule has 4 heteroatoms. The molecule has 0 fully saturated rings. The predicted molar refractivity (Wildman–Crippen MR) is 87.3 cm³/mol. The lowest BCUT2D eigenvalue weighted by Gasteiger charge is -2.26. The maximum atomic E-state index is 6.04. The summed E-state index contributed by atoms with van der Waals surface area (Å²) in [6.45, 7) is 6.28. The van der Waals surface area contributed by atoms with Crippen molar-refractivity contribution in [3.63, 3.8) is 0 Å². The van der Waals surface area contributed by atoms with Gasteiger partial charge in [0, 0.05) is 34.2 Å². The highest BCUT2D eigenvalue weighted by Gasteiger charge is 2.14. The van der Waals surface area contributed by atoms with Crippen LogP contribution in [-0.2, 0) is 13.1 Å². The zero-order chi connectivity index (χ0) is 13.8. The van der Waals surface area contributed by atoms with Crippen LogP contribution in [-0.4, -0.2) is 10.9 Å². The summed E-state index contributed by atoms with van der Waals surface area (Å²) in [5.41, 5.74) is 8.11. The molecule has 2 nitrogen and oxygen atoms in total. The summed E-state index contributed by atoms with van der Waals surface area (Å²) in [7, 11) is 0. The number of nitrogen functional groups attached to an aromatic ring is 1. The number of nitrogens with zero attached hydrogens (tertiary/aromatic N) is 1. The Morgan fingerprint density at radius 2 is 1.95 bits per heavy atom. The Hall–Kier alpha value is -0.840. The number of anilines is 1. The molecule has 2 rings (SSSR count). The summed E-state index contributed by atoms with van der Waals surface area (Å²) < 4.78 is 1.20. The van der Waals surface area contributed by atoms with E-state index >= 15 is 0 Å². The summed E-state index contributed by atoms with van der Waals surface area (Å²) in [5, 5.41) is 2.12. The fourth-order valence-corrected chi connectivity index (χ4v) is 3.44. The predicted octanol–water partition coefficient (Wildman–Crippen LogP) is 4.50. The summed E-state index contributed by atoms with van der Waals surface area (Å²) in [6.07, 6.45) is 0. The van der Waals surface area contributed by atoms with E-state index in [1.54, 1.807) is 11.3 Å². The molecule has 0 bridgehead atoms. The van der Waals surface area contributed by atoms with Gasteiger partial charge < -0.3 is 5.73 Å². The maximum Gasteiger partial charge on any atom is 0.0359 e. The van der Waals surface area contributed by atoms with Crippen LogP contribution in [0.2, 0.25) is 0 Å². The number of hydrogen-bond acceptors (Lipinski definition) is 3. The molecule has 0 aliphatic carbocycles. The van der Waals surface area contributed by atoms with Gasteiger partial charge in [-0.1, -0.05) is 18.2 Å². The van der Waals surface area contributed by atoms with Gasteiger partial charge in [0.25, 0.3) is 0 Å². The highest BCUT2D eigenvalue weighted by atomic mass is 79.9. The van der Waals surface area contributed by atoms with Crippen LogP contribution in [0, 0.1) is 0 Å². The first-order chi connectivity index (χ1) is 9.08. The molecule has 0 radical (unpaired) electrons. The number of rotatable bonds is 5. The van der Waals surface area contributed by atoms with Crippen molar-refractivity contribution in [2.45, 2.75) is 33.0 Å². The van der Waals surface area contributed by atoms with Crippen LogP contribution in [0.1, 0.15) is 24.3 Å². The molecule has 1 aromatic carbocycles. The zero-order valence-electron chi connectivity index (χ0n) is 11.3. The molecule has 1 heterocycles. The molecule has 0 amide bonds. The number of para-hydroxylation sites is 1. The fraction of sp³-hybridized carbons (Fsp3) is 0.333. The molecule has 19 heavy (non-hydrogen) atoms. The molecule has 2 aromatic rings. The van der Waals surface area contributed by atoms with Gasteiger partial charge in [-0.3, -0.25) is 4.90 Å². The Labute approximate surface area is 127 Å². The Bertz CT molecular complexity index is 536. The van der Waals surface area contributed by atoms with Crippen LogP contribution in [0.5, 0.6) is 0 Å². The topological polar surface area (TPSA) is 29.3 Å². The summed E-state index contributed by atoms with van der Waals surface area (Å²) in [6, 6.07) is 10.7. The Morgan fingerprint density at radius 3 is 2.53 bits per heavy atom. The molecule has 0 spiro atoms. The van der Waals surface area contributed by atoms with Crippen LogP contribution in [0.15, 0.2) is 40.2 Å². The van der Waals surface area contributed by atoms with Gasteiger partial charge in [-0.25, -0.2) is 0 Å². The van der Waals surface area contributed by atoms with Crippen molar-refractivity contribution in [1.29, 1.82) is 0 Å². The number of nitrogens with two attached hydrogens (primary N) is 1. The third-order valence-electron chi connectivity index (χ3n) is 3.20. The van der Waals surface area contributed by atoms with E-state index in [9.17, 15) is 0 Å². The van der Waals surface area contributed by atoms with Crippen LogP contribution in [0.3, 0.4) is 0 Å². The lowest BCUT2D eigenvalue weighted by molar-refractivity contribution is 0.205. The first-order valence-electron chi connectivity index (χ1n) is 6.37. The van der Waals surface area contributed by atoms with Crippen LogP contribution in [0.25, 0.3) is 0 Å². The van der Waals surface area contributed by atoms with Crippen molar-refractivity contribution in [2.24, 2.45) is 0 Å². The molecule has 0 saturated heterocycles. The van der Waals surface area contributed by atoms with Gasteiger partial charge in [-0.2, -0.15) is 0 Å². The third-order valence-corrected chi connectivity index (χ3v) is 5.11. The average molecular weight is 339 g/mol. The van der Waals surface area contributed by atoms with Gasteiger partial charge in [-0.05, 0) is 52.9 Å². The quantitative estimate of drug-likeness (QED) is 0.813. The number of halogens is 1. The normalized spacial score (nSPS) is 11.4. The van der Waals surface area contributed by atoms with Gasteiger partial charge in [0.05, 0.1) is 0 Å². The molecule has 102 valence electrons. The minimum Gasteiger partial charge on any atom is -0.398 e. The van der Waals surface area contributed by atoms with Crippen LogP contribution < -0.4 is 5.73 Å². The van der Waals surface area contributed by atoms with Crippen molar-refractivity contribution in [3.8, 4) is 0 Å². The van der Waals surface area contributed by atoms with Gasteiger partial charge in [-0.15, -0.1) is 11.3 Å². The van der Waals surface area contributed by atoms with Gasteiger partial charge in [0.1, 0.15) is 0 Å². The molecule has 2 N–H and O–H groups in total. The Morgan fingerprint density at radius 1 is 1.21 bits per heavy atom. The summed E-state index contributed by atoms with van der Waals surface area (Å²) >= 11 is 5.39. The molecule has 0 saturated carbocycles. The third kappa shape index (κ3) is 3.81. The minimum absolute atomic E-state index is 0.480. The van der Waals surface area contributed by atoms with Crippen molar-refractivity contribution < 1.29 is 0 Å². The van der Waals surface area contributed by atoms with Gasteiger partial charge in [0.15, 0.2) is 0 Å². The van der Waals surface area contributed by atoms with Crippen molar-refractivity contribution in [2.75, 3.05) is 5.73 Å².